The Labute approximate surface area is 158 Å². The Balaban J connectivity index is 1.47. The van der Waals surface area contributed by atoms with E-state index in [2.05, 4.69) is 0 Å². The van der Waals surface area contributed by atoms with Gasteiger partial charge in [-0.05, 0) is 49.8 Å². The van der Waals surface area contributed by atoms with Crippen molar-refractivity contribution >= 4 is 29.1 Å². The second-order valence-corrected chi connectivity index (χ2v) is 7.79. The van der Waals surface area contributed by atoms with Crippen LogP contribution in [0.5, 0.6) is 5.75 Å². The van der Waals surface area contributed by atoms with Gasteiger partial charge in [-0.15, -0.1) is 0 Å². The van der Waals surface area contributed by atoms with Crippen molar-refractivity contribution in [1.29, 1.82) is 0 Å². The molecule has 138 valence electrons. The molecule has 0 radical (unpaired) electrons. The summed E-state index contributed by atoms with van der Waals surface area (Å²) >= 11 is 12.0. The van der Waals surface area contributed by atoms with E-state index in [1.165, 1.54) is 0 Å². The third-order valence-corrected chi connectivity index (χ3v) is 5.47. The molecule has 2 fully saturated rings. The molecule has 0 bridgehead atoms. The Morgan fingerprint density at radius 2 is 1.80 bits per heavy atom. The molecule has 2 aliphatic rings. The smallest absolute Gasteiger partial charge is 0.242 e. The molecule has 0 aliphatic carbocycles. The van der Waals surface area contributed by atoms with Crippen molar-refractivity contribution in [2.24, 2.45) is 11.7 Å². The molecule has 25 heavy (non-hydrogen) atoms. The molecule has 1 amide bonds. The monoisotopic (exact) mass is 386 g/mol. The largest absolute Gasteiger partial charge is 0.493 e. The van der Waals surface area contributed by atoms with E-state index in [1.54, 1.807) is 18.2 Å². The fraction of sp³-hybridized carbons (Fsp3) is 0.611. The summed E-state index contributed by atoms with van der Waals surface area (Å²) in [6.45, 7) is 3.18. The van der Waals surface area contributed by atoms with Crippen molar-refractivity contribution in [1.82, 2.24) is 4.90 Å². The predicted molar refractivity (Wildman–Crippen MR) is 98.2 cm³/mol. The lowest BCUT2D eigenvalue weighted by atomic mass is 9.88. The summed E-state index contributed by atoms with van der Waals surface area (Å²) in [5.41, 5.74) is 5.56. The van der Waals surface area contributed by atoms with E-state index >= 15 is 0 Å². The average Bonchev–Trinajstić information content (AvgIpc) is 2.60. The molecular formula is C18H24Cl2N2O3. The maximum Gasteiger partial charge on any atom is 0.242 e. The molecule has 1 aromatic rings. The van der Waals surface area contributed by atoms with Crippen LogP contribution in [0.3, 0.4) is 0 Å². The minimum absolute atomic E-state index is 0.0665. The Hall–Kier alpha value is -1.01. The number of hydrogen-bond donors (Lipinski definition) is 1. The third-order valence-electron chi connectivity index (χ3n) is 5.03. The molecule has 7 heteroatoms. The number of nitrogens with two attached hydrogens (primary N) is 1. The molecule has 2 heterocycles. The lowest BCUT2D eigenvalue weighted by Gasteiger charge is -2.39. The molecule has 0 unspecified atom stereocenters. The third kappa shape index (κ3) is 4.79. The Morgan fingerprint density at radius 1 is 1.20 bits per heavy atom. The molecule has 0 aromatic heterocycles. The first-order valence-electron chi connectivity index (χ1n) is 8.71. The minimum atomic E-state index is -0.751. The molecule has 0 saturated carbocycles. The first-order valence-corrected chi connectivity index (χ1v) is 9.47. The lowest BCUT2D eigenvalue weighted by Crippen LogP contribution is -2.59. The van der Waals surface area contributed by atoms with Gasteiger partial charge in [0.05, 0.1) is 12.1 Å². The van der Waals surface area contributed by atoms with Crippen molar-refractivity contribution in [2.45, 2.75) is 31.2 Å². The zero-order valence-electron chi connectivity index (χ0n) is 14.2. The quantitative estimate of drug-likeness (QED) is 0.862. The van der Waals surface area contributed by atoms with Crippen LogP contribution in [-0.2, 0) is 9.53 Å². The molecule has 2 saturated heterocycles. The highest BCUT2D eigenvalue weighted by molar-refractivity contribution is 6.34. The number of halogens is 2. The number of ether oxygens (including phenoxy) is 2. The van der Waals surface area contributed by atoms with Crippen molar-refractivity contribution in [3.63, 3.8) is 0 Å². The van der Waals surface area contributed by atoms with E-state index in [-0.39, 0.29) is 5.91 Å². The molecule has 3 rings (SSSR count). The van der Waals surface area contributed by atoms with E-state index in [9.17, 15) is 4.79 Å². The van der Waals surface area contributed by atoms with Crippen LogP contribution in [0.15, 0.2) is 18.2 Å². The maximum absolute atomic E-state index is 12.7. The van der Waals surface area contributed by atoms with Crippen LogP contribution in [-0.4, -0.2) is 49.3 Å². The molecular weight excluding hydrogens is 363 g/mol. The Kier molecular flexibility index (Phi) is 6.10. The topological polar surface area (TPSA) is 64.8 Å². The number of hydrogen-bond acceptors (Lipinski definition) is 4. The van der Waals surface area contributed by atoms with E-state index in [4.69, 9.17) is 38.4 Å². The van der Waals surface area contributed by atoms with E-state index in [1.807, 2.05) is 4.90 Å². The van der Waals surface area contributed by atoms with Gasteiger partial charge >= 0.3 is 0 Å². The summed E-state index contributed by atoms with van der Waals surface area (Å²) in [5.74, 6) is 1.15. The van der Waals surface area contributed by atoms with Gasteiger partial charge in [-0.1, -0.05) is 23.2 Å². The highest BCUT2D eigenvalue weighted by Gasteiger charge is 2.39. The number of amides is 1. The number of nitrogens with zero attached hydrogens (tertiary/aromatic N) is 1. The van der Waals surface area contributed by atoms with Crippen LogP contribution in [0, 0.1) is 5.92 Å². The van der Waals surface area contributed by atoms with Crippen LogP contribution in [0.4, 0.5) is 0 Å². The number of carbonyl (C=O) groups is 1. The average molecular weight is 387 g/mol. The minimum Gasteiger partial charge on any atom is -0.493 e. The fourth-order valence-electron chi connectivity index (χ4n) is 3.39. The van der Waals surface area contributed by atoms with Gasteiger partial charge < -0.3 is 20.1 Å². The van der Waals surface area contributed by atoms with Crippen LogP contribution in [0.1, 0.15) is 25.7 Å². The molecule has 1 aromatic carbocycles. The maximum atomic E-state index is 12.7. The molecule has 2 N–H and O–H groups in total. The number of benzene rings is 1. The van der Waals surface area contributed by atoms with Gasteiger partial charge in [0, 0.05) is 36.3 Å². The predicted octanol–water partition coefficient (Wildman–Crippen LogP) is 3.12. The molecule has 0 atom stereocenters. The first kappa shape index (κ1) is 18.8. The Bertz CT molecular complexity index is 592. The Morgan fingerprint density at radius 3 is 2.40 bits per heavy atom. The highest BCUT2D eigenvalue weighted by Crippen LogP contribution is 2.27. The first-order chi connectivity index (χ1) is 12.0. The van der Waals surface area contributed by atoms with Gasteiger partial charge in [-0.2, -0.15) is 0 Å². The van der Waals surface area contributed by atoms with Crippen molar-refractivity contribution in [3.8, 4) is 5.75 Å². The van der Waals surface area contributed by atoms with Gasteiger partial charge in [0.2, 0.25) is 5.91 Å². The number of carbonyl (C=O) groups excluding carboxylic acids is 1. The van der Waals surface area contributed by atoms with Crippen LogP contribution in [0.25, 0.3) is 0 Å². The van der Waals surface area contributed by atoms with Gasteiger partial charge in [-0.3, -0.25) is 4.79 Å². The summed E-state index contributed by atoms with van der Waals surface area (Å²) in [7, 11) is 0. The molecule has 0 spiro atoms. The van der Waals surface area contributed by atoms with Gasteiger partial charge in [-0.25, -0.2) is 0 Å². The standard InChI is InChI=1S/C18H24Cl2N2O3/c19-14-9-15(20)11-16(10-14)25-12-13-1-5-22(6-2-13)17(23)18(21)3-7-24-8-4-18/h9-11,13H,1-8,12,21H2. The normalized spacial score (nSPS) is 21.2. The van der Waals surface area contributed by atoms with Crippen LogP contribution < -0.4 is 10.5 Å². The highest BCUT2D eigenvalue weighted by atomic mass is 35.5. The van der Waals surface area contributed by atoms with Crippen LogP contribution >= 0.6 is 23.2 Å². The second-order valence-electron chi connectivity index (χ2n) is 6.92. The molecule has 2 aliphatic heterocycles. The van der Waals surface area contributed by atoms with Crippen molar-refractivity contribution < 1.29 is 14.3 Å². The summed E-state index contributed by atoms with van der Waals surface area (Å²) < 4.78 is 11.1. The van der Waals surface area contributed by atoms with E-state index < -0.39 is 5.54 Å². The van der Waals surface area contributed by atoms with Gasteiger partial charge in [0.15, 0.2) is 0 Å². The zero-order valence-corrected chi connectivity index (χ0v) is 15.7. The lowest BCUT2D eigenvalue weighted by molar-refractivity contribution is -0.142. The number of rotatable bonds is 4. The SMILES string of the molecule is NC1(C(=O)N2CCC(COc3cc(Cl)cc(Cl)c3)CC2)CCOCC1. The number of likely N-dealkylation sites (tertiary alicyclic amines) is 1. The van der Waals surface area contributed by atoms with Gasteiger partial charge in [0.25, 0.3) is 0 Å². The van der Waals surface area contributed by atoms with Crippen molar-refractivity contribution in [3.05, 3.63) is 28.2 Å². The second kappa shape index (κ2) is 8.12. The van der Waals surface area contributed by atoms with Crippen molar-refractivity contribution in [2.75, 3.05) is 32.9 Å². The summed E-state index contributed by atoms with van der Waals surface area (Å²) in [6, 6.07) is 5.20. The summed E-state index contributed by atoms with van der Waals surface area (Å²) in [5, 5.41) is 1.13. The summed E-state index contributed by atoms with van der Waals surface area (Å²) in [4.78, 5) is 14.6. The summed E-state index contributed by atoms with van der Waals surface area (Å²) in [6.07, 6.45) is 3.02. The van der Waals surface area contributed by atoms with Crippen LogP contribution in [0.2, 0.25) is 10.0 Å². The fourth-order valence-corrected chi connectivity index (χ4v) is 3.90. The van der Waals surface area contributed by atoms with E-state index in [0.717, 1.165) is 25.9 Å². The number of piperidine rings is 1. The molecule has 5 nitrogen and oxygen atoms in total. The zero-order chi connectivity index (χ0) is 17.9. The van der Waals surface area contributed by atoms with E-state index in [0.29, 0.717) is 54.4 Å². The van der Waals surface area contributed by atoms with Gasteiger partial charge in [0.1, 0.15) is 5.75 Å².